The quantitative estimate of drug-likeness (QED) is 0.537. The molecular formula is C22H24F6N4O5S. The molecule has 1 saturated heterocycles. The first-order valence-electron chi connectivity index (χ1n) is 11.2. The maximum Gasteiger partial charge on any atom is 0.490 e. The zero-order chi connectivity index (χ0) is 28.5. The Balaban J connectivity index is 0.000000301. The number of fused-ring (bicyclic) bond motifs is 1. The third-order valence-corrected chi connectivity index (χ3v) is 6.46. The lowest BCUT2D eigenvalue weighted by Gasteiger charge is -2.19. The summed E-state index contributed by atoms with van der Waals surface area (Å²) >= 11 is 1.61. The molecule has 2 aliphatic heterocycles. The Morgan fingerprint density at radius 3 is 1.87 bits per heavy atom. The minimum atomic E-state index is -5.08. The fourth-order valence-corrected chi connectivity index (χ4v) is 4.53. The highest BCUT2D eigenvalue weighted by Gasteiger charge is 2.38. The molecule has 0 radical (unpaired) electrons. The molecule has 0 saturated carbocycles. The van der Waals surface area contributed by atoms with Crippen LogP contribution in [0.25, 0.3) is 0 Å². The molecule has 1 amide bonds. The van der Waals surface area contributed by atoms with E-state index in [1.54, 1.807) is 11.3 Å². The molecule has 1 fully saturated rings. The van der Waals surface area contributed by atoms with Crippen molar-refractivity contribution in [1.29, 1.82) is 0 Å². The van der Waals surface area contributed by atoms with E-state index in [4.69, 9.17) is 19.8 Å². The maximum atomic E-state index is 12.5. The van der Waals surface area contributed by atoms with Crippen molar-refractivity contribution in [1.82, 2.24) is 19.8 Å². The van der Waals surface area contributed by atoms with Gasteiger partial charge in [-0.05, 0) is 37.0 Å². The van der Waals surface area contributed by atoms with Crippen molar-refractivity contribution in [2.75, 3.05) is 26.2 Å². The molecule has 2 aromatic rings. The molecule has 0 aromatic carbocycles. The number of nitrogens with zero attached hydrogens (tertiary/aromatic N) is 4. The van der Waals surface area contributed by atoms with Gasteiger partial charge in [-0.15, -0.1) is 11.3 Å². The Labute approximate surface area is 216 Å². The molecule has 2 N–H and O–H groups in total. The van der Waals surface area contributed by atoms with Crippen molar-refractivity contribution < 1.29 is 50.9 Å². The molecule has 2 aromatic heterocycles. The SMILES string of the molecule is O=C(O)C(F)(F)F.O=C(O)C(F)(F)F.O=C(c1nc2c(s1)CCN(Cc1ccncc1)CC2)N1CCCC1. The van der Waals surface area contributed by atoms with Crippen molar-refractivity contribution in [3.63, 3.8) is 0 Å². The number of aromatic nitrogens is 2. The van der Waals surface area contributed by atoms with E-state index in [0.717, 1.165) is 64.1 Å². The average Bonchev–Trinajstić information content (AvgIpc) is 3.48. The molecule has 38 heavy (non-hydrogen) atoms. The van der Waals surface area contributed by atoms with Crippen LogP contribution >= 0.6 is 11.3 Å². The van der Waals surface area contributed by atoms with Crippen molar-refractivity contribution in [2.24, 2.45) is 0 Å². The molecule has 16 heteroatoms. The summed E-state index contributed by atoms with van der Waals surface area (Å²) in [4.78, 5) is 44.8. The number of rotatable bonds is 3. The number of carbonyl (C=O) groups excluding carboxylic acids is 1. The van der Waals surface area contributed by atoms with E-state index < -0.39 is 24.3 Å². The highest BCUT2D eigenvalue weighted by atomic mass is 32.1. The standard InChI is InChI=1S/C18H22N4OS.2C2HF3O2/c23-18(22-9-1-2-10-22)17-20-15-5-11-21(12-6-16(15)24-17)13-14-3-7-19-8-4-14;2*3-2(4,5)1(6)7/h3-4,7-8H,1-2,5-6,9-13H2;2*(H,6,7). The number of amides is 1. The molecule has 0 atom stereocenters. The summed E-state index contributed by atoms with van der Waals surface area (Å²) in [6.45, 7) is 4.76. The zero-order valence-electron chi connectivity index (χ0n) is 19.8. The van der Waals surface area contributed by atoms with Gasteiger partial charge in [-0.3, -0.25) is 14.7 Å². The average molecular weight is 571 g/mol. The minimum absolute atomic E-state index is 0.138. The van der Waals surface area contributed by atoms with E-state index in [-0.39, 0.29) is 5.91 Å². The van der Waals surface area contributed by atoms with Gasteiger partial charge in [0.15, 0.2) is 5.01 Å². The van der Waals surface area contributed by atoms with Gasteiger partial charge in [0.1, 0.15) is 0 Å². The van der Waals surface area contributed by atoms with Crippen LogP contribution in [0.1, 0.15) is 38.8 Å². The van der Waals surface area contributed by atoms with E-state index >= 15 is 0 Å². The van der Waals surface area contributed by atoms with Gasteiger partial charge in [0, 0.05) is 56.4 Å². The molecule has 4 rings (SSSR count). The second-order valence-electron chi connectivity index (χ2n) is 8.13. The van der Waals surface area contributed by atoms with Crippen LogP contribution in [0.2, 0.25) is 0 Å². The highest BCUT2D eigenvalue weighted by Crippen LogP contribution is 2.25. The maximum absolute atomic E-state index is 12.5. The van der Waals surface area contributed by atoms with Gasteiger partial charge in [0.05, 0.1) is 5.69 Å². The molecule has 0 unspecified atom stereocenters. The molecule has 0 spiro atoms. The number of alkyl halides is 6. The largest absolute Gasteiger partial charge is 0.490 e. The van der Waals surface area contributed by atoms with Crippen LogP contribution in [-0.4, -0.2) is 86.4 Å². The predicted molar refractivity (Wildman–Crippen MR) is 122 cm³/mol. The van der Waals surface area contributed by atoms with Crippen LogP contribution in [0.5, 0.6) is 0 Å². The zero-order valence-corrected chi connectivity index (χ0v) is 20.6. The number of aliphatic carboxylic acids is 2. The predicted octanol–water partition coefficient (Wildman–Crippen LogP) is 3.64. The van der Waals surface area contributed by atoms with Crippen LogP contribution < -0.4 is 0 Å². The number of carboxylic acid groups (broad SMARTS) is 2. The lowest BCUT2D eigenvalue weighted by molar-refractivity contribution is -0.193. The number of hydrogen-bond donors (Lipinski definition) is 2. The third kappa shape index (κ3) is 9.89. The Morgan fingerprint density at radius 2 is 1.37 bits per heavy atom. The Hall–Kier alpha value is -3.27. The first kappa shape index (κ1) is 31.0. The minimum Gasteiger partial charge on any atom is -0.475 e. The van der Waals surface area contributed by atoms with Gasteiger partial charge in [-0.1, -0.05) is 0 Å². The van der Waals surface area contributed by atoms with Gasteiger partial charge in [-0.2, -0.15) is 26.3 Å². The summed E-state index contributed by atoms with van der Waals surface area (Å²) in [7, 11) is 0. The lowest BCUT2D eigenvalue weighted by atomic mass is 10.2. The van der Waals surface area contributed by atoms with Crippen LogP contribution in [0.15, 0.2) is 24.5 Å². The molecule has 0 aliphatic carbocycles. The number of carbonyl (C=O) groups is 3. The summed E-state index contributed by atoms with van der Waals surface area (Å²) in [5.41, 5.74) is 2.44. The smallest absolute Gasteiger partial charge is 0.475 e. The van der Waals surface area contributed by atoms with E-state index in [1.165, 1.54) is 10.4 Å². The number of halogens is 6. The molecule has 210 valence electrons. The van der Waals surface area contributed by atoms with E-state index in [2.05, 4.69) is 27.0 Å². The first-order chi connectivity index (χ1) is 17.7. The summed E-state index contributed by atoms with van der Waals surface area (Å²) in [6.07, 6.45) is -2.29. The first-order valence-corrected chi connectivity index (χ1v) is 12.0. The van der Waals surface area contributed by atoms with Crippen LogP contribution in [0.3, 0.4) is 0 Å². The number of carboxylic acids is 2. The van der Waals surface area contributed by atoms with Crippen LogP contribution in [-0.2, 0) is 29.0 Å². The second kappa shape index (κ2) is 13.5. The Kier molecular flexibility index (Phi) is 11.0. The number of pyridine rings is 1. The normalized spacial score (nSPS) is 15.8. The summed E-state index contributed by atoms with van der Waals surface area (Å²) in [5.74, 6) is -5.38. The summed E-state index contributed by atoms with van der Waals surface area (Å²) in [5, 5.41) is 14.9. The Bertz CT molecular complexity index is 1040. The fraction of sp³-hybridized carbons (Fsp3) is 0.500. The lowest BCUT2D eigenvalue weighted by Crippen LogP contribution is -2.28. The van der Waals surface area contributed by atoms with Crippen molar-refractivity contribution in [3.8, 4) is 0 Å². The van der Waals surface area contributed by atoms with Crippen molar-refractivity contribution >= 4 is 29.2 Å². The molecular weight excluding hydrogens is 546 g/mol. The van der Waals surface area contributed by atoms with Gasteiger partial charge in [0.2, 0.25) is 0 Å². The van der Waals surface area contributed by atoms with Gasteiger partial charge in [0.25, 0.3) is 5.91 Å². The van der Waals surface area contributed by atoms with Gasteiger partial charge >= 0.3 is 24.3 Å². The number of thiazole rings is 1. The van der Waals surface area contributed by atoms with Gasteiger partial charge in [-0.25, -0.2) is 14.6 Å². The molecule has 9 nitrogen and oxygen atoms in total. The van der Waals surface area contributed by atoms with Crippen molar-refractivity contribution in [2.45, 2.75) is 44.6 Å². The number of hydrogen-bond acceptors (Lipinski definition) is 7. The molecule has 0 bridgehead atoms. The Morgan fingerprint density at radius 1 is 0.868 bits per heavy atom. The van der Waals surface area contributed by atoms with Crippen LogP contribution in [0.4, 0.5) is 26.3 Å². The fourth-order valence-electron chi connectivity index (χ4n) is 3.46. The summed E-state index contributed by atoms with van der Waals surface area (Å²) in [6, 6.07) is 4.15. The highest BCUT2D eigenvalue weighted by molar-refractivity contribution is 7.13. The van der Waals surface area contributed by atoms with Crippen molar-refractivity contribution in [3.05, 3.63) is 45.7 Å². The summed E-state index contributed by atoms with van der Waals surface area (Å²) < 4.78 is 63.5. The van der Waals surface area contributed by atoms with Crippen LogP contribution in [0, 0.1) is 0 Å². The molecule has 4 heterocycles. The second-order valence-corrected chi connectivity index (χ2v) is 9.21. The third-order valence-electron chi connectivity index (χ3n) is 5.31. The number of likely N-dealkylation sites (tertiary alicyclic amines) is 1. The van der Waals surface area contributed by atoms with Gasteiger partial charge < -0.3 is 15.1 Å². The van der Waals surface area contributed by atoms with E-state index in [0.29, 0.717) is 5.01 Å². The monoisotopic (exact) mass is 570 g/mol. The van der Waals surface area contributed by atoms with E-state index in [9.17, 15) is 31.1 Å². The van der Waals surface area contributed by atoms with E-state index in [1.807, 2.05) is 17.3 Å². The topological polar surface area (TPSA) is 124 Å². The molecule has 2 aliphatic rings.